The molecule has 0 aromatic rings. The van der Waals surface area contributed by atoms with Crippen LogP contribution < -0.4 is 11.1 Å². The van der Waals surface area contributed by atoms with Gasteiger partial charge >= 0.3 is 5.97 Å². The minimum absolute atomic E-state index is 0.0504. The predicted molar refractivity (Wildman–Crippen MR) is 253 cm³/mol. The number of alkyl halides is 1. The Morgan fingerprint density at radius 3 is 1.91 bits per heavy atom. The number of aliphatic hydroxyl groups is 10. The predicted octanol–water partition coefficient (Wildman–Crippen LogP) is 0.982. The van der Waals surface area contributed by atoms with Crippen LogP contribution in [0.15, 0.2) is 85.1 Å². The highest BCUT2D eigenvalue weighted by atomic mass is 35.5. The van der Waals surface area contributed by atoms with Crippen molar-refractivity contribution < 1.29 is 79.6 Å². The van der Waals surface area contributed by atoms with Gasteiger partial charge in [-0.3, -0.25) is 9.59 Å². The summed E-state index contributed by atoms with van der Waals surface area (Å²) in [7, 11) is 0. The van der Waals surface area contributed by atoms with Crippen molar-refractivity contribution in [2.24, 2.45) is 23.5 Å². The van der Waals surface area contributed by atoms with Gasteiger partial charge in [0.25, 0.3) is 0 Å². The van der Waals surface area contributed by atoms with Crippen molar-refractivity contribution in [2.45, 2.75) is 177 Å². The smallest absolute Gasteiger partial charge is 0.308 e. The highest BCUT2D eigenvalue weighted by Crippen LogP contribution is 2.38. The second-order valence-electron chi connectivity index (χ2n) is 18.2. The lowest BCUT2D eigenvalue weighted by molar-refractivity contribution is -0.307. The maximum atomic E-state index is 13.5. The van der Waals surface area contributed by atoms with Gasteiger partial charge < -0.3 is 81.1 Å². The summed E-state index contributed by atoms with van der Waals surface area (Å²) in [6, 6.07) is -1.13. The van der Waals surface area contributed by atoms with Crippen LogP contribution >= 0.6 is 11.6 Å². The van der Waals surface area contributed by atoms with Crippen LogP contribution in [0.3, 0.4) is 0 Å². The minimum Gasteiger partial charge on any atom is -0.462 e. The number of carbonyl (C=O) groups excluding carboxylic acids is 2. The van der Waals surface area contributed by atoms with E-state index in [1.165, 1.54) is 0 Å². The summed E-state index contributed by atoms with van der Waals surface area (Å²) in [6.45, 7) is 6.83. The monoisotopic (exact) mass is 984 g/mol. The highest BCUT2D eigenvalue weighted by Gasteiger charge is 2.51. The van der Waals surface area contributed by atoms with E-state index in [1.807, 2.05) is 37.3 Å². The first-order chi connectivity index (χ1) is 32.2. The van der Waals surface area contributed by atoms with Gasteiger partial charge in [-0.1, -0.05) is 98.9 Å². The lowest BCUT2D eigenvalue weighted by Gasteiger charge is -2.46. The third-order valence-electron chi connectivity index (χ3n) is 12.4. The van der Waals surface area contributed by atoms with Gasteiger partial charge in [-0.15, -0.1) is 11.6 Å². The van der Waals surface area contributed by atoms with Gasteiger partial charge in [0.05, 0.1) is 85.5 Å². The number of amides is 1. The Bertz CT molecular complexity index is 1730. The van der Waals surface area contributed by atoms with Crippen LogP contribution in [0.1, 0.15) is 79.1 Å². The molecule has 3 heterocycles. The van der Waals surface area contributed by atoms with Gasteiger partial charge in [0.1, 0.15) is 12.2 Å². The molecule has 3 rings (SSSR count). The maximum Gasteiger partial charge on any atom is 0.308 e. The summed E-state index contributed by atoms with van der Waals surface area (Å²) in [5.41, 5.74) is 6.08. The molecule has 0 aliphatic carbocycles. The molecule has 0 saturated carbocycles. The fraction of sp³-hybridized carbons (Fsp3) is 0.673. The molecular weight excluding hydrogens is 908 g/mol. The lowest BCUT2D eigenvalue weighted by atomic mass is 9.82. The van der Waals surface area contributed by atoms with Gasteiger partial charge in [-0.2, -0.15) is 0 Å². The van der Waals surface area contributed by atoms with Gasteiger partial charge in [0.2, 0.25) is 5.91 Å². The molecule has 68 heavy (non-hydrogen) atoms. The number of aliphatic hydroxyl groups excluding tert-OH is 9. The highest BCUT2D eigenvalue weighted by molar-refractivity contribution is 6.18. The molecule has 0 aromatic carbocycles. The molecule has 19 atom stereocenters. The van der Waals surface area contributed by atoms with Crippen molar-refractivity contribution in [1.82, 2.24) is 5.32 Å². The van der Waals surface area contributed by atoms with Crippen LogP contribution in [-0.2, 0) is 28.5 Å². The van der Waals surface area contributed by atoms with E-state index in [2.05, 4.69) is 5.32 Å². The van der Waals surface area contributed by atoms with Crippen molar-refractivity contribution in [3.8, 4) is 0 Å². The number of nitrogens with two attached hydrogens (primary N) is 1. The zero-order valence-corrected chi connectivity index (χ0v) is 40.2. The first-order valence-electron chi connectivity index (χ1n) is 23.5. The summed E-state index contributed by atoms with van der Waals surface area (Å²) in [6.07, 6.45) is 4.59. The van der Waals surface area contributed by atoms with Crippen molar-refractivity contribution in [1.29, 1.82) is 0 Å². The Labute approximate surface area is 404 Å². The normalized spacial score (nSPS) is 44.0. The molecule has 19 heteroatoms. The summed E-state index contributed by atoms with van der Waals surface area (Å²) in [4.78, 5) is 26.2. The van der Waals surface area contributed by atoms with E-state index in [1.54, 1.807) is 75.5 Å². The first kappa shape index (κ1) is 59.2. The molecular formula is C49H77ClN2O16. The molecule has 2 saturated heterocycles. The van der Waals surface area contributed by atoms with Crippen LogP contribution in [0.2, 0.25) is 0 Å². The van der Waals surface area contributed by atoms with Crippen LogP contribution in [0, 0.1) is 17.8 Å². The Balaban J connectivity index is 1.91. The van der Waals surface area contributed by atoms with Gasteiger partial charge in [0, 0.05) is 49.9 Å². The number of esters is 1. The first-order valence-corrected chi connectivity index (χ1v) is 24.0. The van der Waals surface area contributed by atoms with Crippen molar-refractivity contribution in [3.05, 3.63) is 85.1 Å². The summed E-state index contributed by atoms with van der Waals surface area (Å²) >= 11 is 5.84. The number of ether oxygens (including phenoxy) is 4. The number of carbonyl (C=O) groups is 2. The average Bonchev–Trinajstić information content (AvgIpc) is 3.26. The van der Waals surface area contributed by atoms with Crippen LogP contribution in [-0.4, -0.2) is 173 Å². The van der Waals surface area contributed by atoms with Crippen LogP contribution in [0.5, 0.6) is 0 Å². The second-order valence-corrected chi connectivity index (χ2v) is 18.6. The Kier molecular flexibility index (Phi) is 26.0. The van der Waals surface area contributed by atoms with E-state index in [0.717, 1.165) is 0 Å². The molecule has 0 spiro atoms. The largest absolute Gasteiger partial charge is 0.462 e. The topological polar surface area (TPSA) is 311 Å². The number of halogens is 1. The van der Waals surface area contributed by atoms with Gasteiger partial charge in [0.15, 0.2) is 12.1 Å². The number of allylic oxidation sites excluding steroid dienone is 12. The van der Waals surface area contributed by atoms with E-state index in [-0.39, 0.29) is 44.0 Å². The van der Waals surface area contributed by atoms with Crippen molar-refractivity contribution in [2.75, 3.05) is 12.4 Å². The molecule has 2 fully saturated rings. The Morgan fingerprint density at radius 2 is 1.31 bits per heavy atom. The van der Waals surface area contributed by atoms with E-state index >= 15 is 0 Å². The number of cyclic esters (lactones) is 1. The number of fused-ring (bicyclic) bond motifs is 2. The van der Waals surface area contributed by atoms with E-state index in [4.69, 9.17) is 36.3 Å². The second kappa shape index (κ2) is 29.9. The van der Waals surface area contributed by atoms with Crippen LogP contribution in [0.25, 0.3) is 0 Å². The van der Waals surface area contributed by atoms with E-state index in [0.29, 0.717) is 0 Å². The maximum absolute atomic E-state index is 13.5. The zero-order valence-electron chi connectivity index (χ0n) is 39.4. The van der Waals surface area contributed by atoms with Crippen molar-refractivity contribution in [3.63, 3.8) is 0 Å². The summed E-state index contributed by atoms with van der Waals surface area (Å²) < 4.78 is 23.6. The fourth-order valence-corrected chi connectivity index (χ4v) is 8.37. The molecule has 386 valence electrons. The number of nitrogens with one attached hydrogen (secondary N) is 1. The van der Waals surface area contributed by atoms with Crippen molar-refractivity contribution >= 4 is 23.5 Å². The molecule has 13 N–H and O–H groups in total. The molecule has 1 amide bonds. The molecule has 3 aliphatic rings. The number of rotatable bonds is 5. The Morgan fingerprint density at radius 1 is 0.721 bits per heavy atom. The minimum atomic E-state index is -2.27. The Hall–Kier alpha value is -3.15. The molecule has 18 nitrogen and oxygen atoms in total. The molecule has 8 unspecified atom stereocenters. The van der Waals surface area contributed by atoms with Gasteiger partial charge in [-0.25, -0.2) is 0 Å². The van der Waals surface area contributed by atoms with E-state index < -0.39 is 147 Å². The summed E-state index contributed by atoms with van der Waals surface area (Å²) in [5, 5.41) is 112. The summed E-state index contributed by atoms with van der Waals surface area (Å²) in [5.74, 6) is -5.60. The van der Waals surface area contributed by atoms with Gasteiger partial charge in [-0.05, 0) is 33.1 Å². The molecule has 0 aromatic heterocycles. The quantitative estimate of drug-likeness (QED) is 0.135. The SMILES string of the molecule is C[C@@H]1OC(=O)CC(O)CC(O)CCC(O)C(O)C[C@H](O)CC2(O)C[C@H](O)C(C(=O)NCCCl)[C@H](CC(O[C@@H]3O[C@H](C)[C@@H](O)[C@H](N)[C@@H]3O)/C=C/C=C/C=C/C=C/C=C/C=C/C=C/[C@H](C)C(O)[C@H]1C)O2. The average molecular weight is 986 g/mol. The lowest BCUT2D eigenvalue weighted by Crippen LogP contribution is -2.62. The molecule has 3 aliphatic heterocycles. The van der Waals surface area contributed by atoms with E-state index in [9.17, 15) is 60.7 Å². The number of hydrogen-bond acceptors (Lipinski definition) is 17. The fourth-order valence-electron chi connectivity index (χ4n) is 8.28. The standard InChI is InChI=1S/C49H77ClN2O16/c1-29-17-15-13-11-9-7-5-6-8-10-12-14-16-18-36(67-48-46(62)43(51)45(61)32(4)66-48)26-40-42(47(63)52-22-21-50)39(58)28-49(64,68-40)27-35(55)24-38(57)37(56)20-19-33(53)23-34(54)25-41(59)65-31(3)30(2)44(29)60/h5-18,29-40,42-46,48,53-58,60-62,64H,19-28,51H2,1-4H3,(H,52,63)/b6-5+,9-7+,10-8+,13-11+,14-12+,17-15+,18-16+/t29-,30-,31-,32+,33?,34?,35-,36?,37?,38?,39-,40-,42?,43-,44?,45+,46-,48-,49?/m0/s1. The third kappa shape index (κ3) is 19.9. The molecule has 2 bridgehead atoms. The zero-order chi connectivity index (χ0) is 50.6. The number of hydrogen-bond donors (Lipinski definition) is 12. The van der Waals surface area contributed by atoms with Crippen LogP contribution in [0.4, 0.5) is 0 Å². The molecule has 0 radical (unpaired) electrons. The third-order valence-corrected chi connectivity index (χ3v) is 12.6.